The third-order valence-electron chi connectivity index (χ3n) is 3.66. The van der Waals surface area contributed by atoms with Crippen LogP contribution in [0.25, 0.3) is 0 Å². The number of hydrogen-bond acceptors (Lipinski definition) is 4. The lowest BCUT2D eigenvalue weighted by Gasteiger charge is -2.30. The fourth-order valence-electron chi connectivity index (χ4n) is 1.98. The van der Waals surface area contributed by atoms with E-state index < -0.39 is 5.91 Å². The summed E-state index contributed by atoms with van der Waals surface area (Å²) in [7, 11) is 0. The lowest BCUT2D eigenvalue weighted by molar-refractivity contribution is 0.100. The van der Waals surface area contributed by atoms with E-state index in [1.54, 1.807) is 18.2 Å². The maximum atomic E-state index is 11.2. The van der Waals surface area contributed by atoms with Gasteiger partial charge in [0.2, 0.25) is 5.91 Å². The number of carbonyl (C=O) groups is 1. The predicted octanol–water partition coefficient (Wildman–Crippen LogP) is 2.70. The van der Waals surface area contributed by atoms with E-state index in [4.69, 9.17) is 11.5 Å². The van der Waals surface area contributed by atoms with Gasteiger partial charge in [-0.15, -0.1) is 0 Å². The minimum Gasteiger partial charge on any atom is -0.397 e. The van der Waals surface area contributed by atoms with Crippen LogP contribution in [0.2, 0.25) is 0 Å². The van der Waals surface area contributed by atoms with Crippen LogP contribution in [0.3, 0.4) is 0 Å². The van der Waals surface area contributed by atoms with Gasteiger partial charge in [0.25, 0.3) is 0 Å². The summed E-state index contributed by atoms with van der Waals surface area (Å²) in [6, 6.07) is 5.07. The zero-order chi connectivity index (χ0) is 14.5. The Hall–Kier alpha value is -1.36. The Morgan fingerprint density at radius 1 is 1.37 bits per heavy atom. The number of rotatable bonds is 7. The minimum atomic E-state index is -0.440. The smallest absolute Gasteiger partial charge is 0.248 e. The van der Waals surface area contributed by atoms with Crippen molar-refractivity contribution in [2.75, 3.05) is 23.9 Å². The molecule has 5 N–H and O–H groups in total. The Kier molecular flexibility index (Phi) is 5.54. The first-order chi connectivity index (χ1) is 8.98. The van der Waals surface area contributed by atoms with E-state index in [2.05, 4.69) is 25.4 Å². The second-order valence-electron chi connectivity index (χ2n) is 4.61. The van der Waals surface area contributed by atoms with Crippen LogP contribution in [0.5, 0.6) is 0 Å². The van der Waals surface area contributed by atoms with E-state index in [1.165, 1.54) is 0 Å². The Morgan fingerprint density at radius 3 is 2.47 bits per heavy atom. The van der Waals surface area contributed by atoms with Crippen LogP contribution < -0.4 is 16.8 Å². The maximum Gasteiger partial charge on any atom is 0.248 e. The van der Waals surface area contributed by atoms with Crippen molar-refractivity contribution in [3.05, 3.63) is 23.8 Å². The number of anilines is 2. The topological polar surface area (TPSA) is 81.1 Å². The van der Waals surface area contributed by atoms with Crippen molar-refractivity contribution in [1.82, 2.24) is 0 Å². The zero-order valence-electron chi connectivity index (χ0n) is 11.8. The molecule has 0 aliphatic rings. The SMILES string of the molecule is CCC(CC)(CNc1cc(C(N)=O)ccc1N)SC. The van der Waals surface area contributed by atoms with Gasteiger partial charge in [0.05, 0.1) is 11.4 Å². The predicted molar refractivity (Wildman–Crippen MR) is 84.7 cm³/mol. The van der Waals surface area contributed by atoms with E-state index in [0.717, 1.165) is 25.1 Å². The number of benzene rings is 1. The number of nitrogen functional groups attached to an aromatic ring is 1. The summed E-state index contributed by atoms with van der Waals surface area (Å²) >= 11 is 1.86. The summed E-state index contributed by atoms with van der Waals surface area (Å²) < 4.78 is 0.190. The first kappa shape index (κ1) is 15.7. The van der Waals surface area contributed by atoms with Crippen molar-refractivity contribution in [3.63, 3.8) is 0 Å². The third-order valence-corrected chi connectivity index (χ3v) is 5.25. The number of hydrogen-bond donors (Lipinski definition) is 3. The van der Waals surface area contributed by atoms with E-state index in [1.807, 2.05) is 11.8 Å². The summed E-state index contributed by atoms with van der Waals surface area (Å²) in [6.45, 7) is 5.18. The highest BCUT2D eigenvalue weighted by Gasteiger charge is 2.24. The first-order valence-electron chi connectivity index (χ1n) is 6.46. The van der Waals surface area contributed by atoms with E-state index in [0.29, 0.717) is 11.3 Å². The third kappa shape index (κ3) is 3.80. The molecule has 1 rings (SSSR count). The average Bonchev–Trinajstić information content (AvgIpc) is 2.42. The quantitative estimate of drug-likeness (QED) is 0.671. The summed E-state index contributed by atoms with van der Waals surface area (Å²) in [5.74, 6) is -0.440. The molecule has 0 spiro atoms. The molecule has 0 radical (unpaired) electrons. The largest absolute Gasteiger partial charge is 0.397 e. The number of nitrogens with two attached hydrogens (primary N) is 2. The highest BCUT2D eigenvalue weighted by atomic mass is 32.2. The van der Waals surface area contributed by atoms with Gasteiger partial charge in [-0.2, -0.15) is 11.8 Å². The van der Waals surface area contributed by atoms with Crippen molar-refractivity contribution < 1.29 is 4.79 Å². The molecule has 0 bridgehead atoms. The number of carbonyl (C=O) groups excluding carboxylic acids is 1. The van der Waals surface area contributed by atoms with E-state index >= 15 is 0 Å². The van der Waals surface area contributed by atoms with Gasteiger partial charge in [-0.25, -0.2) is 0 Å². The average molecular weight is 281 g/mol. The molecule has 4 nitrogen and oxygen atoms in total. The first-order valence-corrected chi connectivity index (χ1v) is 7.69. The van der Waals surface area contributed by atoms with Crippen LogP contribution in [-0.4, -0.2) is 23.5 Å². The van der Waals surface area contributed by atoms with Crippen molar-refractivity contribution in [2.24, 2.45) is 5.73 Å². The minimum absolute atomic E-state index is 0.190. The maximum absolute atomic E-state index is 11.2. The van der Waals surface area contributed by atoms with Crippen molar-refractivity contribution >= 4 is 29.0 Å². The molecule has 0 aromatic heterocycles. The van der Waals surface area contributed by atoms with Gasteiger partial charge in [0.15, 0.2) is 0 Å². The van der Waals surface area contributed by atoms with Gasteiger partial charge < -0.3 is 16.8 Å². The molecule has 0 aliphatic heterocycles. The molecule has 1 aromatic rings. The van der Waals surface area contributed by atoms with E-state index in [9.17, 15) is 4.79 Å². The van der Waals surface area contributed by atoms with Gasteiger partial charge >= 0.3 is 0 Å². The summed E-state index contributed by atoms with van der Waals surface area (Å²) in [5, 5.41) is 3.35. The van der Waals surface area contributed by atoms with Crippen LogP contribution in [0, 0.1) is 0 Å². The molecular weight excluding hydrogens is 258 g/mol. The molecule has 1 aromatic carbocycles. The summed E-state index contributed by atoms with van der Waals surface area (Å²) in [4.78, 5) is 11.2. The molecule has 0 fully saturated rings. The fraction of sp³-hybridized carbons (Fsp3) is 0.500. The summed E-state index contributed by atoms with van der Waals surface area (Å²) in [6.07, 6.45) is 4.28. The molecule has 0 saturated carbocycles. The van der Waals surface area contributed by atoms with Gasteiger partial charge in [0.1, 0.15) is 0 Å². The molecule has 0 heterocycles. The van der Waals surface area contributed by atoms with Gasteiger partial charge in [-0.05, 0) is 37.3 Å². The molecule has 0 atom stereocenters. The molecule has 106 valence electrons. The normalized spacial score (nSPS) is 11.3. The standard InChI is InChI=1S/C14H23N3OS/c1-4-14(5-2,19-3)9-17-12-8-10(13(16)18)6-7-11(12)15/h6-8,17H,4-5,9,15H2,1-3H3,(H2,16,18). The van der Waals surface area contributed by atoms with Crippen LogP contribution in [0.1, 0.15) is 37.0 Å². The second kappa shape index (κ2) is 6.70. The van der Waals surface area contributed by atoms with Crippen molar-refractivity contribution in [2.45, 2.75) is 31.4 Å². The number of thioether (sulfide) groups is 1. The van der Waals surface area contributed by atoms with Crippen molar-refractivity contribution in [3.8, 4) is 0 Å². The van der Waals surface area contributed by atoms with Gasteiger partial charge in [0, 0.05) is 16.9 Å². The second-order valence-corrected chi connectivity index (χ2v) is 5.89. The van der Waals surface area contributed by atoms with Crippen molar-refractivity contribution in [1.29, 1.82) is 0 Å². The number of amides is 1. The number of nitrogens with one attached hydrogen (secondary N) is 1. The van der Waals surface area contributed by atoms with Gasteiger partial charge in [-0.3, -0.25) is 4.79 Å². The fourth-order valence-corrected chi connectivity index (χ4v) is 2.77. The molecule has 0 saturated heterocycles. The molecule has 0 unspecified atom stereocenters. The molecule has 1 amide bonds. The van der Waals surface area contributed by atoms with E-state index in [-0.39, 0.29) is 4.75 Å². The van der Waals surface area contributed by atoms with Crippen LogP contribution in [0.4, 0.5) is 11.4 Å². The molecule has 19 heavy (non-hydrogen) atoms. The summed E-state index contributed by atoms with van der Waals surface area (Å²) in [5.41, 5.74) is 13.1. The Balaban J connectivity index is 2.87. The number of primary amides is 1. The Morgan fingerprint density at radius 2 is 2.00 bits per heavy atom. The Bertz CT molecular complexity index is 436. The molecular formula is C14H23N3OS. The highest BCUT2D eigenvalue weighted by molar-refractivity contribution is 8.00. The van der Waals surface area contributed by atoms with Gasteiger partial charge in [-0.1, -0.05) is 13.8 Å². The van der Waals surface area contributed by atoms with Crippen LogP contribution in [0.15, 0.2) is 18.2 Å². The zero-order valence-corrected chi connectivity index (χ0v) is 12.6. The molecule has 5 heteroatoms. The monoisotopic (exact) mass is 281 g/mol. The lowest BCUT2D eigenvalue weighted by Crippen LogP contribution is -2.32. The lowest BCUT2D eigenvalue weighted by atomic mass is 10.0. The Labute approximate surface area is 119 Å². The molecule has 0 aliphatic carbocycles. The van der Waals surface area contributed by atoms with Crippen LogP contribution in [-0.2, 0) is 0 Å². The highest BCUT2D eigenvalue weighted by Crippen LogP contribution is 2.31. The van der Waals surface area contributed by atoms with Crippen LogP contribution >= 0.6 is 11.8 Å².